The van der Waals surface area contributed by atoms with Crippen LogP contribution in [0.25, 0.3) is 6.08 Å². The summed E-state index contributed by atoms with van der Waals surface area (Å²) in [7, 11) is 1.69. The van der Waals surface area contributed by atoms with Crippen LogP contribution >= 0.6 is 0 Å². The van der Waals surface area contributed by atoms with Crippen LogP contribution in [0.1, 0.15) is 116 Å². The summed E-state index contributed by atoms with van der Waals surface area (Å²) in [6.45, 7) is 13.3. The number of amides is 3. The molecule has 1 aromatic heterocycles. The number of nitrogens with zero attached hydrogens (tertiary/aromatic N) is 2. The summed E-state index contributed by atoms with van der Waals surface area (Å²) in [5, 5.41) is 5.91. The summed E-state index contributed by atoms with van der Waals surface area (Å²) in [6, 6.07) is 0.150. The zero-order valence-corrected chi connectivity index (χ0v) is 31.9. The number of ketones is 1. The molecule has 3 aliphatic carbocycles. The van der Waals surface area contributed by atoms with Crippen LogP contribution in [-0.2, 0) is 36.7 Å². The van der Waals surface area contributed by atoms with Gasteiger partial charge in [-0.05, 0) is 87.7 Å². The summed E-state index contributed by atoms with van der Waals surface area (Å²) in [4.78, 5) is 61.8. The van der Waals surface area contributed by atoms with Gasteiger partial charge in [0.2, 0.25) is 11.8 Å². The van der Waals surface area contributed by atoms with Crippen LogP contribution in [0.2, 0.25) is 0 Å². The average molecular weight is 719 g/mol. The van der Waals surface area contributed by atoms with Gasteiger partial charge in [-0.3, -0.25) is 19.4 Å². The van der Waals surface area contributed by atoms with Gasteiger partial charge < -0.3 is 29.7 Å². The average Bonchev–Trinajstić information content (AvgIpc) is 3.44. The number of carbonyl (C=O) groups is 4. The predicted octanol–water partition coefficient (Wildman–Crippen LogP) is 6.08. The van der Waals surface area contributed by atoms with Crippen molar-refractivity contribution >= 4 is 29.8 Å². The Bertz CT molecular complexity index is 1600. The van der Waals surface area contributed by atoms with Gasteiger partial charge in [0.05, 0.1) is 25.1 Å². The van der Waals surface area contributed by atoms with Crippen molar-refractivity contribution in [2.45, 2.75) is 141 Å². The number of alkyl carbamates (subject to hydrolysis) is 1. The zero-order valence-electron chi connectivity index (χ0n) is 31.9. The molecule has 11 nitrogen and oxygen atoms in total. The number of aromatic nitrogens is 1. The van der Waals surface area contributed by atoms with Crippen LogP contribution in [0, 0.1) is 23.2 Å². The van der Waals surface area contributed by atoms with E-state index in [4.69, 9.17) is 19.2 Å². The Kier molecular flexibility index (Phi) is 11.1. The number of aryl methyl sites for hydroxylation is 1. The minimum atomic E-state index is -1.03. The van der Waals surface area contributed by atoms with E-state index in [1.165, 1.54) is 11.8 Å². The third-order valence-corrected chi connectivity index (χ3v) is 12.0. The van der Waals surface area contributed by atoms with Crippen molar-refractivity contribution < 1.29 is 33.4 Å². The Morgan fingerprint density at radius 3 is 2.56 bits per heavy atom. The van der Waals surface area contributed by atoms with Gasteiger partial charge in [0.25, 0.3) is 0 Å². The third-order valence-electron chi connectivity index (χ3n) is 12.0. The predicted molar refractivity (Wildman–Crippen MR) is 197 cm³/mol. The quantitative estimate of drug-likeness (QED) is 0.350. The number of allylic oxidation sites excluding steroid dienone is 1. The summed E-state index contributed by atoms with van der Waals surface area (Å²) in [5.41, 5.74) is 1.14. The molecule has 2 saturated carbocycles. The first-order valence-electron chi connectivity index (χ1n) is 19.4. The molecule has 3 amide bonds. The maximum atomic E-state index is 14.6. The first kappa shape index (κ1) is 37.9. The van der Waals surface area contributed by atoms with Crippen molar-refractivity contribution in [3.05, 3.63) is 41.4 Å². The molecule has 0 spiro atoms. The van der Waals surface area contributed by atoms with Crippen molar-refractivity contribution in [2.24, 2.45) is 23.2 Å². The molecule has 52 heavy (non-hydrogen) atoms. The minimum Gasteiger partial charge on any atom is -0.501 e. The zero-order chi connectivity index (χ0) is 37.4. The molecule has 6 rings (SSSR count). The molecular formula is C41H58N4O7. The van der Waals surface area contributed by atoms with E-state index < -0.39 is 47.0 Å². The van der Waals surface area contributed by atoms with Crippen LogP contribution < -0.4 is 15.4 Å². The second-order valence-corrected chi connectivity index (χ2v) is 17.0. The maximum absolute atomic E-state index is 14.6. The Morgan fingerprint density at radius 2 is 1.87 bits per heavy atom. The molecule has 1 saturated heterocycles. The largest absolute Gasteiger partial charge is 0.501 e. The van der Waals surface area contributed by atoms with E-state index in [1.807, 2.05) is 26.8 Å². The Morgan fingerprint density at radius 1 is 1.10 bits per heavy atom. The number of methoxy groups -OCH3 is 1. The number of nitrogens with one attached hydrogen (secondary N) is 2. The lowest BCUT2D eigenvalue weighted by molar-refractivity contribution is -0.142. The fourth-order valence-electron chi connectivity index (χ4n) is 8.81. The van der Waals surface area contributed by atoms with E-state index in [1.54, 1.807) is 13.2 Å². The van der Waals surface area contributed by atoms with Crippen molar-refractivity contribution in [1.29, 1.82) is 0 Å². The minimum absolute atomic E-state index is 0.121. The second kappa shape index (κ2) is 15.2. The standard InChI is InChI=1S/C41H58N4O7/c1-8-28-22-41(28,25(3)46)44-37(47)33-21-30-23-45(33)38(48)36(40(4,5)6)43-39(49)52-34-16-12-14-26(34)13-10-9-11-15-31-35(51-30)20-27-19-29(50-7)17-24(2)18-32(27)42-31/h8,19-20,24,26,28,30,33-34,36H,1,9-18,21-23H2,2-7H3,(H,43,49)(H,44,47). The highest BCUT2D eigenvalue weighted by Crippen LogP contribution is 2.45. The number of hydrogen-bond acceptors (Lipinski definition) is 8. The van der Waals surface area contributed by atoms with Crippen molar-refractivity contribution in [2.75, 3.05) is 13.7 Å². The van der Waals surface area contributed by atoms with Gasteiger partial charge in [0.15, 0.2) is 5.78 Å². The lowest BCUT2D eigenvalue weighted by atomic mass is 9.85. The van der Waals surface area contributed by atoms with Crippen LogP contribution in [0.5, 0.6) is 5.75 Å². The Labute approximate surface area is 308 Å². The van der Waals surface area contributed by atoms with E-state index in [-0.39, 0.29) is 36.7 Å². The molecule has 0 aromatic carbocycles. The highest BCUT2D eigenvalue weighted by molar-refractivity contribution is 5.98. The SMILES string of the molecule is C=CC1CC1(NC(=O)C1CC2CN1C(=O)C(C(C)(C)C)NC(=O)OC1CCCC1CCCCCc1nc3c(cc1O2)C=C(OC)CC(C)C3)C(C)=O. The molecule has 2 aliphatic heterocycles. The molecule has 0 radical (unpaired) electrons. The fourth-order valence-corrected chi connectivity index (χ4v) is 8.81. The number of pyridine rings is 1. The van der Waals surface area contributed by atoms with Gasteiger partial charge in [-0.25, -0.2) is 4.79 Å². The van der Waals surface area contributed by atoms with E-state index in [0.29, 0.717) is 18.1 Å². The molecule has 1 aromatic rings. The first-order valence-corrected chi connectivity index (χ1v) is 19.4. The van der Waals surface area contributed by atoms with Crippen LogP contribution in [0.3, 0.4) is 0 Å². The fraction of sp³-hybridized carbons (Fsp3) is 0.683. The van der Waals surface area contributed by atoms with Crippen molar-refractivity contribution in [1.82, 2.24) is 20.5 Å². The molecule has 11 heteroatoms. The van der Waals surface area contributed by atoms with Crippen LogP contribution in [0.15, 0.2) is 24.5 Å². The molecule has 5 aliphatic rings. The Balaban J connectivity index is 1.37. The number of rotatable bonds is 5. The van der Waals surface area contributed by atoms with Crippen molar-refractivity contribution in [3.8, 4) is 5.75 Å². The topological polar surface area (TPSA) is 136 Å². The van der Waals surface area contributed by atoms with Gasteiger partial charge >= 0.3 is 6.09 Å². The van der Waals surface area contributed by atoms with Crippen LogP contribution in [-0.4, -0.2) is 77.1 Å². The molecule has 8 unspecified atom stereocenters. The van der Waals surface area contributed by atoms with Gasteiger partial charge in [0.1, 0.15) is 35.6 Å². The second-order valence-electron chi connectivity index (χ2n) is 17.0. The summed E-state index contributed by atoms with van der Waals surface area (Å²) in [6.07, 6.45) is 12.2. The van der Waals surface area contributed by atoms with Gasteiger partial charge in [-0.2, -0.15) is 0 Å². The van der Waals surface area contributed by atoms with E-state index in [0.717, 1.165) is 86.9 Å². The molecule has 3 fully saturated rings. The van der Waals surface area contributed by atoms with Gasteiger partial charge in [-0.15, -0.1) is 6.58 Å². The number of ether oxygens (including phenoxy) is 3. The van der Waals surface area contributed by atoms with Gasteiger partial charge in [-0.1, -0.05) is 46.6 Å². The number of Topliss-reactive ketones (excluding diaryl/α,β-unsaturated/α-hetero) is 1. The lowest BCUT2D eigenvalue weighted by Crippen LogP contribution is -2.59. The van der Waals surface area contributed by atoms with E-state index in [9.17, 15) is 19.2 Å². The highest BCUT2D eigenvalue weighted by Gasteiger charge is 2.59. The summed E-state index contributed by atoms with van der Waals surface area (Å²) < 4.78 is 18.5. The van der Waals surface area contributed by atoms with Crippen molar-refractivity contribution in [3.63, 3.8) is 0 Å². The number of fused-ring (bicyclic) bond motifs is 5. The van der Waals surface area contributed by atoms with Gasteiger partial charge in [0, 0.05) is 30.0 Å². The summed E-state index contributed by atoms with van der Waals surface area (Å²) in [5.74, 6) is 1.06. The smallest absolute Gasteiger partial charge is 0.408 e. The first-order chi connectivity index (χ1) is 24.7. The normalized spacial score (nSPS) is 32.5. The lowest BCUT2D eigenvalue weighted by Gasteiger charge is -2.35. The molecule has 284 valence electrons. The highest BCUT2D eigenvalue weighted by atomic mass is 16.6. The number of hydrogen-bond donors (Lipinski definition) is 2. The number of carbonyl (C=O) groups excluding carboxylic acids is 4. The Hall–Kier alpha value is -3.89. The van der Waals surface area contributed by atoms with Crippen LogP contribution in [0.4, 0.5) is 4.79 Å². The molecule has 3 heterocycles. The third kappa shape index (κ3) is 8.03. The monoisotopic (exact) mass is 718 g/mol. The molecule has 8 atom stereocenters. The molecule has 2 N–H and O–H groups in total. The molecule has 2 bridgehead atoms. The van der Waals surface area contributed by atoms with E-state index in [2.05, 4.69) is 30.2 Å². The molecular weight excluding hydrogens is 660 g/mol. The maximum Gasteiger partial charge on any atom is 0.408 e. The summed E-state index contributed by atoms with van der Waals surface area (Å²) >= 11 is 0. The van der Waals surface area contributed by atoms with E-state index >= 15 is 0 Å².